The molecule has 6 nitrogen and oxygen atoms in total. The van der Waals surface area contributed by atoms with E-state index < -0.39 is 37.8 Å². The third kappa shape index (κ3) is 3.71. The van der Waals surface area contributed by atoms with Crippen LogP contribution < -0.4 is 5.32 Å². The molecule has 0 aliphatic heterocycles. The van der Waals surface area contributed by atoms with Gasteiger partial charge in [0, 0.05) is 0 Å². The Hall–Kier alpha value is -1.11. The molecule has 0 atom stereocenters. The zero-order chi connectivity index (χ0) is 15.6. The number of carbonyl (C=O) groups is 2. The minimum absolute atomic E-state index is 0.351. The van der Waals surface area contributed by atoms with Gasteiger partial charge in [-0.2, -0.15) is 0 Å². The second-order valence-corrected chi connectivity index (χ2v) is 9.11. The zero-order valence-electron chi connectivity index (χ0n) is 12.2. The number of hydrogen-bond acceptors (Lipinski definition) is 4. The number of amides is 1. The summed E-state index contributed by atoms with van der Waals surface area (Å²) in [5.41, 5.74) is -1.30. The van der Waals surface area contributed by atoms with Crippen LogP contribution in [0.25, 0.3) is 0 Å². The first kappa shape index (κ1) is 16.9. The van der Waals surface area contributed by atoms with E-state index in [4.69, 9.17) is 0 Å². The lowest BCUT2D eigenvalue weighted by Gasteiger charge is -2.34. The molecule has 0 aromatic carbocycles. The highest BCUT2D eigenvalue weighted by molar-refractivity contribution is 7.93. The molecule has 0 aromatic rings. The highest BCUT2D eigenvalue weighted by Crippen LogP contribution is 2.28. The predicted molar refractivity (Wildman–Crippen MR) is 75.1 cm³/mol. The smallest absolute Gasteiger partial charge is 0.329 e. The molecule has 0 saturated heterocycles. The number of rotatable bonds is 4. The first-order valence-electron chi connectivity index (χ1n) is 6.77. The molecule has 20 heavy (non-hydrogen) atoms. The van der Waals surface area contributed by atoms with Crippen molar-refractivity contribution >= 4 is 21.7 Å². The topological polar surface area (TPSA) is 101 Å². The van der Waals surface area contributed by atoms with Gasteiger partial charge in [0.05, 0.1) is 4.75 Å². The van der Waals surface area contributed by atoms with Gasteiger partial charge in [-0.25, -0.2) is 13.2 Å². The standard InChI is InChI=1S/C13H23NO5S/c1-12(2,3)20(18,19)9-10(15)14-13(11(16)17)7-5-4-6-8-13/h4-9H2,1-3H3,(H,14,15)(H,16,17). The molecule has 1 rings (SSSR count). The molecule has 0 bridgehead atoms. The summed E-state index contributed by atoms with van der Waals surface area (Å²) in [5, 5.41) is 11.8. The molecule has 7 heteroatoms. The molecule has 0 heterocycles. The molecule has 0 spiro atoms. The summed E-state index contributed by atoms with van der Waals surface area (Å²) in [6.07, 6.45) is 3.08. The highest BCUT2D eigenvalue weighted by atomic mass is 32.2. The van der Waals surface area contributed by atoms with Crippen molar-refractivity contribution in [2.45, 2.75) is 63.2 Å². The van der Waals surface area contributed by atoms with Crippen molar-refractivity contribution in [3.8, 4) is 0 Å². The fourth-order valence-electron chi connectivity index (χ4n) is 2.24. The summed E-state index contributed by atoms with van der Waals surface area (Å²) in [6, 6.07) is 0. The molecular formula is C13H23NO5S. The quantitative estimate of drug-likeness (QED) is 0.810. The van der Waals surface area contributed by atoms with Gasteiger partial charge in [0.15, 0.2) is 9.84 Å². The second-order valence-electron chi connectivity index (χ2n) is 6.37. The largest absolute Gasteiger partial charge is 0.480 e. The van der Waals surface area contributed by atoms with E-state index in [2.05, 4.69) is 5.32 Å². The first-order chi connectivity index (χ1) is 9.00. The van der Waals surface area contributed by atoms with Crippen molar-refractivity contribution in [3.05, 3.63) is 0 Å². The maximum atomic E-state index is 12.0. The Bertz CT molecular complexity index is 483. The Morgan fingerprint density at radius 2 is 1.65 bits per heavy atom. The fourth-order valence-corrected chi connectivity index (χ4v) is 3.09. The van der Waals surface area contributed by atoms with E-state index in [1.54, 1.807) is 0 Å². The Morgan fingerprint density at radius 1 is 1.15 bits per heavy atom. The third-order valence-electron chi connectivity index (χ3n) is 3.75. The normalized spacial score (nSPS) is 19.4. The van der Waals surface area contributed by atoms with Crippen LogP contribution in [0.3, 0.4) is 0 Å². The first-order valence-corrected chi connectivity index (χ1v) is 8.42. The van der Waals surface area contributed by atoms with Gasteiger partial charge in [-0.3, -0.25) is 4.79 Å². The maximum Gasteiger partial charge on any atom is 0.329 e. The van der Waals surface area contributed by atoms with Gasteiger partial charge < -0.3 is 10.4 Å². The van der Waals surface area contributed by atoms with Crippen molar-refractivity contribution in [1.29, 1.82) is 0 Å². The Labute approximate surface area is 119 Å². The number of carbonyl (C=O) groups excluding carboxylic acids is 1. The summed E-state index contributed by atoms with van der Waals surface area (Å²) < 4.78 is 22.9. The van der Waals surface area contributed by atoms with Crippen molar-refractivity contribution in [2.75, 3.05) is 5.75 Å². The average Bonchev–Trinajstić information content (AvgIpc) is 2.27. The van der Waals surface area contributed by atoms with Gasteiger partial charge in [-0.05, 0) is 33.6 Å². The minimum atomic E-state index is -3.61. The van der Waals surface area contributed by atoms with Gasteiger partial charge in [0.1, 0.15) is 11.3 Å². The Morgan fingerprint density at radius 3 is 2.05 bits per heavy atom. The molecule has 0 radical (unpaired) electrons. The van der Waals surface area contributed by atoms with E-state index in [-0.39, 0.29) is 0 Å². The van der Waals surface area contributed by atoms with Gasteiger partial charge in [-0.15, -0.1) is 0 Å². The lowest BCUT2D eigenvalue weighted by atomic mass is 9.81. The SMILES string of the molecule is CC(C)(C)S(=O)(=O)CC(=O)NC1(C(=O)O)CCCCC1. The van der Waals surface area contributed by atoms with E-state index in [9.17, 15) is 23.1 Å². The number of carboxylic acids is 1. The zero-order valence-corrected chi connectivity index (χ0v) is 13.0. The molecule has 1 amide bonds. The molecule has 1 aliphatic carbocycles. The van der Waals surface area contributed by atoms with Crippen LogP contribution in [0.1, 0.15) is 52.9 Å². The van der Waals surface area contributed by atoms with Gasteiger partial charge in [0.2, 0.25) is 5.91 Å². The third-order valence-corrected chi connectivity index (χ3v) is 6.26. The molecule has 1 fully saturated rings. The lowest BCUT2D eigenvalue weighted by molar-refractivity contribution is -0.148. The van der Waals surface area contributed by atoms with E-state index in [1.165, 1.54) is 20.8 Å². The van der Waals surface area contributed by atoms with Crippen LogP contribution in [-0.4, -0.2) is 41.4 Å². The fraction of sp³-hybridized carbons (Fsp3) is 0.846. The summed E-state index contributed by atoms with van der Waals surface area (Å²) in [6.45, 7) is 4.55. The van der Waals surface area contributed by atoms with E-state index >= 15 is 0 Å². The molecule has 0 unspecified atom stereocenters. The molecule has 116 valence electrons. The summed E-state index contributed by atoms with van der Waals surface area (Å²) in [4.78, 5) is 23.3. The van der Waals surface area contributed by atoms with E-state index in [0.717, 1.165) is 19.3 Å². The van der Waals surface area contributed by atoms with Crippen molar-refractivity contribution < 1.29 is 23.1 Å². The summed E-state index contributed by atoms with van der Waals surface area (Å²) in [5.74, 6) is -2.49. The van der Waals surface area contributed by atoms with Crippen LogP contribution in [0.2, 0.25) is 0 Å². The number of hydrogen-bond donors (Lipinski definition) is 2. The van der Waals surface area contributed by atoms with Crippen LogP contribution in [0.15, 0.2) is 0 Å². The van der Waals surface area contributed by atoms with Crippen LogP contribution in [0.4, 0.5) is 0 Å². The van der Waals surface area contributed by atoms with Crippen molar-refractivity contribution in [1.82, 2.24) is 5.32 Å². The minimum Gasteiger partial charge on any atom is -0.480 e. The van der Waals surface area contributed by atoms with Crippen LogP contribution >= 0.6 is 0 Å². The molecular weight excluding hydrogens is 282 g/mol. The molecule has 0 aromatic heterocycles. The Kier molecular flexibility index (Phi) is 4.84. The number of sulfone groups is 1. The van der Waals surface area contributed by atoms with Crippen molar-refractivity contribution in [2.24, 2.45) is 0 Å². The number of nitrogens with one attached hydrogen (secondary N) is 1. The van der Waals surface area contributed by atoms with Gasteiger partial charge >= 0.3 is 5.97 Å². The Balaban J connectivity index is 2.81. The average molecular weight is 305 g/mol. The molecule has 1 aliphatic rings. The molecule has 1 saturated carbocycles. The van der Waals surface area contributed by atoms with Gasteiger partial charge in [0.25, 0.3) is 0 Å². The second kappa shape index (κ2) is 5.71. The van der Waals surface area contributed by atoms with Crippen molar-refractivity contribution in [3.63, 3.8) is 0 Å². The summed E-state index contributed by atoms with van der Waals surface area (Å²) >= 11 is 0. The maximum absolute atomic E-state index is 12.0. The highest BCUT2D eigenvalue weighted by Gasteiger charge is 2.42. The monoisotopic (exact) mass is 305 g/mol. The number of aliphatic carboxylic acids is 1. The van der Waals surface area contributed by atoms with E-state index in [1.807, 2.05) is 0 Å². The van der Waals surface area contributed by atoms with E-state index in [0.29, 0.717) is 12.8 Å². The van der Waals surface area contributed by atoms with Crippen LogP contribution in [0, 0.1) is 0 Å². The summed E-state index contributed by atoms with van der Waals surface area (Å²) in [7, 11) is -3.61. The predicted octanol–water partition coefficient (Wildman–Crippen LogP) is 1.10. The lowest BCUT2D eigenvalue weighted by Crippen LogP contribution is -2.57. The molecule has 2 N–H and O–H groups in total. The van der Waals surface area contributed by atoms with Gasteiger partial charge in [-0.1, -0.05) is 19.3 Å². The van der Waals surface area contributed by atoms with Crippen LogP contribution in [0.5, 0.6) is 0 Å². The van der Waals surface area contributed by atoms with Crippen LogP contribution in [-0.2, 0) is 19.4 Å². The number of carboxylic acid groups (broad SMARTS) is 1.